The topological polar surface area (TPSA) is 51.1 Å². The minimum absolute atomic E-state index is 0.140. The van der Waals surface area contributed by atoms with Crippen molar-refractivity contribution in [2.45, 2.75) is 84.2 Å². The number of carbonyl (C=O) groups is 1. The van der Waals surface area contributed by atoms with Crippen LogP contribution in [0.1, 0.15) is 86.5 Å². The van der Waals surface area contributed by atoms with Gasteiger partial charge in [-0.15, -0.1) is 0 Å². The number of nitrogens with zero attached hydrogens (tertiary/aromatic N) is 1. The van der Waals surface area contributed by atoms with E-state index in [1.54, 1.807) is 0 Å². The van der Waals surface area contributed by atoms with Crippen molar-refractivity contribution in [3.63, 3.8) is 0 Å². The summed E-state index contributed by atoms with van der Waals surface area (Å²) in [5, 5.41) is 3.10. The van der Waals surface area contributed by atoms with E-state index in [-0.39, 0.29) is 17.0 Å². The highest BCUT2D eigenvalue weighted by Crippen LogP contribution is 2.23. The van der Waals surface area contributed by atoms with Gasteiger partial charge in [0.05, 0.1) is 5.54 Å². The van der Waals surface area contributed by atoms with Crippen molar-refractivity contribution in [1.29, 1.82) is 0 Å². The van der Waals surface area contributed by atoms with Crippen LogP contribution in [0.25, 0.3) is 0 Å². The summed E-state index contributed by atoms with van der Waals surface area (Å²) in [7, 11) is 0. The Morgan fingerprint density at radius 3 is 2.45 bits per heavy atom. The number of aryl methyl sites for hydroxylation is 1. The average molecular weight is 395 g/mol. The number of hydrogen-bond donors (Lipinski definition) is 1. The smallest absolute Gasteiger partial charge is 0.263 e. The Kier molecular flexibility index (Phi) is 6.94. The molecular weight excluding hydrogens is 360 g/mol. The van der Waals surface area contributed by atoms with Gasteiger partial charge in [0.25, 0.3) is 11.5 Å². The summed E-state index contributed by atoms with van der Waals surface area (Å²) in [6.45, 7) is 6.78. The molecule has 1 heterocycles. The highest BCUT2D eigenvalue weighted by molar-refractivity contribution is 5.94. The number of unbranched alkanes of at least 4 members (excludes halogenated alkanes) is 1. The van der Waals surface area contributed by atoms with E-state index in [0.717, 1.165) is 49.8 Å². The fraction of sp³-hybridized carbons (Fsp3) is 0.520. The molecule has 0 saturated heterocycles. The molecule has 0 bridgehead atoms. The third kappa shape index (κ3) is 4.98. The molecule has 3 rings (SSSR count). The van der Waals surface area contributed by atoms with Crippen molar-refractivity contribution >= 4 is 5.91 Å². The van der Waals surface area contributed by atoms with E-state index in [4.69, 9.17) is 0 Å². The van der Waals surface area contributed by atoms with Gasteiger partial charge in [0.15, 0.2) is 0 Å². The first kappa shape index (κ1) is 21.4. The number of fused-ring (bicyclic) bond motifs is 1. The lowest BCUT2D eigenvalue weighted by atomic mass is 9.93. The summed E-state index contributed by atoms with van der Waals surface area (Å²) in [6, 6.07) is 11.8. The molecule has 4 nitrogen and oxygen atoms in total. The number of rotatable bonds is 6. The van der Waals surface area contributed by atoms with Gasteiger partial charge in [0.1, 0.15) is 5.56 Å². The van der Waals surface area contributed by atoms with Crippen LogP contribution in [0, 0.1) is 0 Å². The first-order valence-electron chi connectivity index (χ1n) is 11.1. The Morgan fingerprint density at radius 2 is 1.76 bits per heavy atom. The van der Waals surface area contributed by atoms with Crippen molar-refractivity contribution in [3.05, 3.63) is 69.1 Å². The van der Waals surface area contributed by atoms with Gasteiger partial charge in [0.2, 0.25) is 0 Å². The molecule has 1 aromatic heterocycles. The van der Waals surface area contributed by atoms with Crippen LogP contribution in [0.2, 0.25) is 0 Å². The number of hydrogen-bond acceptors (Lipinski definition) is 2. The van der Waals surface area contributed by atoms with E-state index in [1.165, 1.54) is 18.4 Å². The zero-order valence-corrected chi connectivity index (χ0v) is 18.1. The third-order valence-corrected chi connectivity index (χ3v) is 6.00. The maximum Gasteiger partial charge on any atom is 0.263 e. The molecule has 1 aliphatic rings. The van der Waals surface area contributed by atoms with Crippen molar-refractivity contribution in [2.75, 3.05) is 0 Å². The number of nitrogens with one attached hydrogen (secondary N) is 1. The van der Waals surface area contributed by atoms with Crippen LogP contribution >= 0.6 is 0 Å². The number of pyridine rings is 1. The van der Waals surface area contributed by atoms with Crippen LogP contribution in [0.3, 0.4) is 0 Å². The Labute approximate surface area is 174 Å². The quantitative estimate of drug-likeness (QED) is 0.752. The fourth-order valence-corrected chi connectivity index (χ4v) is 4.23. The van der Waals surface area contributed by atoms with Gasteiger partial charge in [-0.1, -0.05) is 56.5 Å². The van der Waals surface area contributed by atoms with E-state index in [1.807, 2.05) is 54.8 Å². The average Bonchev–Trinajstić information content (AvgIpc) is 2.68. The summed E-state index contributed by atoms with van der Waals surface area (Å²) < 4.78 is 1.90. The Bertz CT molecular complexity index is 897. The van der Waals surface area contributed by atoms with Gasteiger partial charge in [-0.2, -0.15) is 0 Å². The molecule has 0 unspecified atom stereocenters. The van der Waals surface area contributed by atoms with Crippen molar-refractivity contribution in [2.24, 2.45) is 0 Å². The van der Waals surface area contributed by atoms with E-state index in [9.17, 15) is 9.59 Å². The zero-order valence-electron chi connectivity index (χ0n) is 18.1. The number of aromatic nitrogens is 1. The second kappa shape index (κ2) is 9.43. The lowest BCUT2D eigenvalue weighted by Gasteiger charge is -2.27. The summed E-state index contributed by atoms with van der Waals surface area (Å²) in [4.78, 5) is 26.5. The summed E-state index contributed by atoms with van der Waals surface area (Å²) in [5.41, 5.74) is 2.95. The van der Waals surface area contributed by atoms with Crippen molar-refractivity contribution in [3.8, 4) is 0 Å². The molecule has 29 heavy (non-hydrogen) atoms. The van der Waals surface area contributed by atoms with Gasteiger partial charge in [0, 0.05) is 12.2 Å². The molecule has 1 aliphatic carbocycles. The Morgan fingerprint density at radius 1 is 1.07 bits per heavy atom. The maximum absolute atomic E-state index is 13.3. The van der Waals surface area contributed by atoms with E-state index >= 15 is 0 Å². The van der Waals surface area contributed by atoms with Crippen LogP contribution in [-0.2, 0) is 24.9 Å². The molecule has 0 atom stereocenters. The van der Waals surface area contributed by atoms with Crippen molar-refractivity contribution < 1.29 is 4.79 Å². The molecule has 2 aromatic rings. The lowest BCUT2D eigenvalue weighted by molar-refractivity contribution is 0.0909. The van der Waals surface area contributed by atoms with Crippen molar-refractivity contribution in [1.82, 2.24) is 9.88 Å². The number of benzene rings is 1. The van der Waals surface area contributed by atoms with Crippen LogP contribution in [0.4, 0.5) is 0 Å². The second-order valence-electron chi connectivity index (χ2n) is 8.70. The van der Waals surface area contributed by atoms with Crippen LogP contribution < -0.4 is 10.9 Å². The number of carbonyl (C=O) groups excluding carboxylic acids is 1. The van der Waals surface area contributed by atoms with Crippen LogP contribution in [0.5, 0.6) is 0 Å². The number of amides is 1. The normalized spacial score (nSPS) is 14.6. The molecule has 1 N–H and O–H groups in total. The van der Waals surface area contributed by atoms with Gasteiger partial charge >= 0.3 is 0 Å². The molecular formula is C25H34N2O2. The maximum atomic E-state index is 13.3. The van der Waals surface area contributed by atoms with Crippen LogP contribution in [0.15, 0.2) is 41.2 Å². The monoisotopic (exact) mass is 394 g/mol. The molecule has 1 aromatic carbocycles. The molecule has 0 fully saturated rings. The van der Waals surface area contributed by atoms with Gasteiger partial charge in [-0.25, -0.2) is 0 Å². The SMILES string of the molecule is CCCCn1c2c(cc(C(=O)NC(C)(C)c3ccccc3)c1=O)CCCCCC2. The lowest BCUT2D eigenvalue weighted by Crippen LogP contribution is -2.44. The summed E-state index contributed by atoms with van der Waals surface area (Å²) in [5.74, 6) is -0.279. The fourth-order valence-electron chi connectivity index (χ4n) is 4.23. The zero-order chi connectivity index (χ0) is 20.9. The Hall–Kier alpha value is -2.36. The first-order chi connectivity index (χ1) is 13.9. The molecule has 156 valence electrons. The molecule has 0 saturated carbocycles. The summed E-state index contributed by atoms with van der Waals surface area (Å²) in [6.07, 6.45) is 8.53. The van der Waals surface area contributed by atoms with Crippen LogP contribution in [-0.4, -0.2) is 10.5 Å². The highest BCUT2D eigenvalue weighted by Gasteiger charge is 2.26. The minimum Gasteiger partial charge on any atom is -0.343 e. The minimum atomic E-state index is -0.552. The second-order valence-corrected chi connectivity index (χ2v) is 8.70. The standard InChI is InChI=1S/C25H34N2O2/c1-4-5-17-27-22-16-12-7-6-9-13-19(22)18-21(24(27)29)23(28)26-25(2,3)20-14-10-8-11-15-20/h8,10-11,14-15,18H,4-7,9,12-13,16-17H2,1-3H3,(H,26,28). The third-order valence-electron chi connectivity index (χ3n) is 6.00. The molecule has 0 radical (unpaired) electrons. The molecule has 1 amide bonds. The van der Waals surface area contributed by atoms with E-state index < -0.39 is 5.54 Å². The van der Waals surface area contributed by atoms with E-state index in [2.05, 4.69) is 12.2 Å². The highest BCUT2D eigenvalue weighted by atomic mass is 16.2. The molecule has 4 heteroatoms. The summed E-state index contributed by atoms with van der Waals surface area (Å²) >= 11 is 0. The van der Waals surface area contributed by atoms with Gasteiger partial charge in [-0.3, -0.25) is 9.59 Å². The van der Waals surface area contributed by atoms with E-state index in [0.29, 0.717) is 6.54 Å². The molecule has 0 aliphatic heterocycles. The predicted octanol–water partition coefficient (Wildman–Crippen LogP) is 4.97. The Balaban J connectivity index is 1.98. The largest absolute Gasteiger partial charge is 0.343 e. The molecule has 0 spiro atoms. The van der Waals surface area contributed by atoms with Gasteiger partial charge in [-0.05, 0) is 63.1 Å². The van der Waals surface area contributed by atoms with Gasteiger partial charge < -0.3 is 9.88 Å². The predicted molar refractivity (Wildman–Crippen MR) is 118 cm³/mol. The first-order valence-corrected chi connectivity index (χ1v) is 11.1.